The van der Waals surface area contributed by atoms with Gasteiger partial charge in [-0.25, -0.2) is 0 Å². The van der Waals surface area contributed by atoms with Crippen LogP contribution < -0.4 is 4.90 Å². The fraction of sp³-hybridized carbons (Fsp3) is 0.0323. The Morgan fingerprint density at radius 1 is 0.323 bits per heavy atom. The van der Waals surface area contributed by atoms with Gasteiger partial charge in [-0.05, 0) is 142 Å². The minimum absolute atomic E-state index is 0.357. The van der Waals surface area contributed by atoms with Crippen LogP contribution in [0.4, 0.5) is 17.1 Å². The van der Waals surface area contributed by atoms with Crippen molar-refractivity contribution >= 4 is 60.7 Å². The van der Waals surface area contributed by atoms with Gasteiger partial charge in [0.1, 0.15) is 0 Å². The molecule has 14 rings (SSSR count). The highest BCUT2D eigenvalue weighted by Crippen LogP contribution is 2.62. The minimum Gasteiger partial charge on any atom is -0.310 e. The summed E-state index contributed by atoms with van der Waals surface area (Å²) < 4.78 is 4.79. The molecule has 2 aliphatic rings. The van der Waals surface area contributed by atoms with E-state index in [0.29, 0.717) is 0 Å². The molecule has 0 saturated carbocycles. The van der Waals surface area contributed by atoms with Crippen LogP contribution >= 0.6 is 0 Å². The molecule has 65 heavy (non-hydrogen) atoms. The lowest BCUT2D eigenvalue weighted by Crippen LogP contribution is -2.32. The van der Waals surface area contributed by atoms with E-state index in [9.17, 15) is 0 Å². The van der Waals surface area contributed by atoms with E-state index >= 15 is 0 Å². The van der Waals surface area contributed by atoms with Gasteiger partial charge < -0.3 is 14.0 Å². The zero-order chi connectivity index (χ0) is 42.8. The lowest BCUT2D eigenvalue weighted by atomic mass is 9.70. The number of fused-ring (bicyclic) bond motifs is 11. The van der Waals surface area contributed by atoms with Crippen molar-refractivity contribution in [1.29, 1.82) is 0 Å². The fourth-order valence-electron chi connectivity index (χ4n) is 11.7. The fourth-order valence-corrected chi connectivity index (χ4v) is 11.7. The van der Waals surface area contributed by atoms with E-state index in [-0.39, 0.29) is 5.41 Å². The van der Waals surface area contributed by atoms with Crippen LogP contribution in [0.25, 0.3) is 88.4 Å². The van der Waals surface area contributed by atoms with Gasteiger partial charge in [-0.3, -0.25) is 0 Å². The van der Waals surface area contributed by atoms with Crippen molar-refractivity contribution in [2.45, 2.75) is 12.3 Å². The van der Waals surface area contributed by atoms with Gasteiger partial charge in [0, 0.05) is 44.0 Å². The van der Waals surface area contributed by atoms with E-state index in [1.165, 1.54) is 116 Å². The highest BCUT2D eigenvalue weighted by molar-refractivity contribution is 6.16. The molecule has 0 radical (unpaired) electrons. The molecule has 0 saturated heterocycles. The van der Waals surface area contributed by atoms with Crippen LogP contribution in [0.5, 0.6) is 0 Å². The van der Waals surface area contributed by atoms with E-state index in [2.05, 4.69) is 251 Å². The topological polar surface area (TPSA) is 13.1 Å². The second-order valence-electron chi connectivity index (χ2n) is 17.8. The van der Waals surface area contributed by atoms with E-state index in [4.69, 9.17) is 0 Å². The van der Waals surface area contributed by atoms with Crippen molar-refractivity contribution in [3.8, 4) is 44.8 Å². The minimum atomic E-state index is -0.357. The third-order valence-corrected chi connectivity index (χ3v) is 14.5. The molecule has 0 amide bonds. The van der Waals surface area contributed by atoms with Gasteiger partial charge in [0.2, 0.25) is 0 Å². The first kappa shape index (κ1) is 36.1. The molecule has 1 aliphatic heterocycles. The molecule has 2 aromatic heterocycles. The van der Waals surface area contributed by atoms with Crippen molar-refractivity contribution in [1.82, 2.24) is 9.13 Å². The first-order valence-corrected chi connectivity index (χ1v) is 22.6. The van der Waals surface area contributed by atoms with Crippen LogP contribution in [0.1, 0.15) is 23.6 Å². The molecule has 304 valence electrons. The van der Waals surface area contributed by atoms with E-state index in [1.807, 2.05) is 0 Å². The van der Waals surface area contributed by atoms with Gasteiger partial charge in [-0.15, -0.1) is 0 Å². The zero-order valence-electron chi connectivity index (χ0n) is 35.8. The van der Waals surface area contributed by atoms with Crippen molar-refractivity contribution in [2.24, 2.45) is 0 Å². The Hall–Kier alpha value is -8.40. The predicted octanol–water partition coefficient (Wildman–Crippen LogP) is 16.3. The SMILES string of the molecule is CC12c3ccccc3-c3cccc(c31)N(c1ccc(-c3ccc4c(c3)c3ccccc3n4-c3ccccc3)cc1)c1ccc(-c3cccc4c3c3ccccc3n4-c3ccccc3)cc12. The molecule has 0 fully saturated rings. The van der Waals surface area contributed by atoms with Crippen molar-refractivity contribution in [2.75, 3.05) is 4.90 Å². The number of anilines is 3. The highest BCUT2D eigenvalue weighted by Gasteiger charge is 2.48. The van der Waals surface area contributed by atoms with Gasteiger partial charge in [0.15, 0.2) is 0 Å². The summed E-state index contributed by atoms with van der Waals surface area (Å²) in [6.45, 7) is 2.46. The van der Waals surface area contributed by atoms with Crippen LogP contribution in [0.2, 0.25) is 0 Å². The van der Waals surface area contributed by atoms with Gasteiger partial charge in [0.25, 0.3) is 0 Å². The molecule has 1 unspecified atom stereocenters. The summed E-state index contributed by atoms with van der Waals surface area (Å²) in [5, 5.41) is 5.05. The summed E-state index contributed by atoms with van der Waals surface area (Å²) in [7, 11) is 0. The molecule has 3 nitrogen and oxygen atoms in total. The smallest absolute Gasteiger partial charge is 0.0547 e. The average Bonchev–Trinajstić information content (AvgIpc) is 3.99. The van der Waals surface area contributed by atoms with Crippen LogP contribution in [0.15, 0.2) is 231 Å². The molecule has 3 heterocycles. The monoisotopic (exact) mass is 827 g/mol. The summed E-state index contributed by atoms with van der Waals surface area (Å²) in [5.74, 6) is 0. The molecular weight excluding hydrogens is 787 g/mol. The maximum absolute atomic E-state index is 2.51. The highest BCUT2D eigenvalue weighted by atomic mass is 15.2. The molecule has 1 aliphatic carbocycles. The number of para-hydroxylation sites is 4. The first-order chi connectivity index (χ1) is 32.1. The van der Waals surface area contributed by atoms with Gasteiger partial charge >= 0.3 is 0 Å². The quantitative estimate of drug-likeness (QED) is 0.168. The van der Waals surface area contributed by atoms with E-state index in [0.717, 1.165) is 5.69 Å². The second-order valence-corrected chi connectivity index (χ2v) is 17.8. The summed E-state index contributed by atoms with van der Waals surface area (Å²) >= 11 is 0. The molecule has 0 N–H and O–H groups in total. The Bertz CT molecular complexity index is 3890. The largest absolute Gasteiger partial charge is 0.310 e. The second kappa shape index (κ2) is 13.6. The van der Waals surface area contributed by atoms with Gasteiger partial charge in [-0.2, -0.15) is 0 Å². The zero-order valence-corrected chi connectivity index (χ0v) is 35.8. The maximum Gasteiger partial charge on any atom is 0.0547 e. The Morgan fingerprint density at radius 2 is 0.892 bits per heavy atom. The van der Waals surface area contributed by atoms with Gasteiger partial charge in [0.05, 0.1) is 33.4 Å². The number of hydrogen-bond donors (Lipinski definition) is 0. The molecule has 0 bridgehead atoms. The molecular formula is C62H41N3. The number of nitrogens with zero attached hydrogens (tertiary/aromatic N) is 3. The van der Waals surface area contributed by atoms with Crippen molar-refractivity contribution in [3.63, 3.8) is 0 Å². The standard InChI is InChI=1S/C62H41N3/c1-62-52-25-11-8-20-47(52)49-24-15-29-59(61(49)62)65(45-34-30-40(31-35-45)41-32-36-56-51(38-41)48-21-9-12-26-54(48)63(56)43-16-4-2-5-17-43)57-37-33-42(39-53(57)62)46-23-14-28-58-60(46)50-22-10-13-27-55(50)64(58)44-18-6-3-7-19-44/h2-39H,1H3. The van der Waals surface area contributed by atoms with E-state index < -0.39 is 0 Å². The molecule has 10 aromatic carbocycles. The van der Waals surface area contributed by atoms with Crippen molar-refractivity contribution < 1.29 is 0 Å². The lowest BCUT2D eigenvalue weighted by Gasteiger charge is -2.42. The summed E-state index contributed by atoms with van der Waals surface area (Å²) in [5.41, 5.74) is 21.9. The number of benzene rings is 10. The lowest BCUT2D eigenvalue weighted by molar-refractivity contribution is 0.702. The number of hydrogen-bond acceptors (Lipinski definition) is 1. The molecule has 12 aromatic rings. The average molecular weight is 828 g/mol. The Labute approximate surface area is 377 Å². The van der Waals surface area contributed by atoms with Crippen molar-refractivity contribution in [3.05, 3.63) is 247 Å². The third-order valence-electron chi connectivity index (χ3n) is 14.5. The maximum atomic E-state index is 2.51. The van der Waals surface area contributed by atoms with Crippen LogP contribution in [-0.2, 0) is 5.41 Å². The molecule has 0 spiro atoms. The molecule has 1 atom stereocenters. The number of rotatable bonds is 5. The van der Waals surface area contributed by atoms with Crippen LogP contribution in [0, 0.1) is 0 Å². The van der Waals surface area contributed by atoms with Crippen LogP contribution in [0.3, 0.4) is 0 Å². The normalized spacial score (nSPS) is 14.9. The van der Waals surface area contributed by atoms with Crippen LogP contribution in [-0.4, -0.2) is 9.13 Å². The van der Waals surface area contributed by atoms with E-state index in [1.54, 1.807) is 0 Å². The predicted molar refractivity (Wildman–Crippen MR) is 272 cm³/mol. The summed E-state index contributed by atoms with van der Waals surface area (Å²) in [6.07, 6.45) is 0. The number of aromatic nitrogens is 2. The Kier molecular flexibility index (Phi) is 7.53. The summed E-state index contributed by atoms with van der Waals surface area (Å²) in [6, 6.07) is 85.2. The third kappa shape index (κ3) is 5.01. The Balaban J connectivity index is 0.939. The van der Waals surface area contributed by atoms with Gasteiger partial charge in [-0.1, -0.05) is 146 Å². The summed E-state index contributed by atoms with van der Waals surface area (Å²) in [4.78, 5) is 2.51. The first-order valence-electron chi connectivity index (χ1n) is 22.6. The molecule has 3 heteroatoms. The Morgan fingerprint density at radius 3 is 1.68 bits per heavy atom.